The zero-order chi connectivity index (χ0) is 21.4. The molecule has 0 radical (unpaired) electrons. The third-order valence-corrected chi connectivity index (χ3v) is 5.09. The van der Waals surface area contributed by atoms with Crippen molar-refractivity contribution in [3.63, 3.8) is 0 Å². The van der Waals surface area contributed by atoms with Crippen LogP contribution in [0.15, 0.2) is 67.9 Å². The Morgan fingerprint density at radius 1 is 1.19 bits per heavy atom. The number of aromatic amines is 2. The highest BCUT2D eigenvalue weighted by molar-refractivity contribution is 5.93. The number of H-pyrrole nitrogens is 2. The van der Waals surface area contributed by atoms with Gasteiger partial charge in [-0.2, -0.15) is 10.2 Å². The van der Waals surface area contributed by atoms with Gasteiger partial charge in [0.25, 0.3) is 0 Å². The van der Waals surface area contributed by atoms with E-state index < -0.39 is 0 Å². The molecule has 5 rings (SSSR count). The summed E-state index contributed by atoms with van der Waals surface area (Å²) in [6, 6.07) is 5.92. The topological polar surface area (TPSA) is 101 Å². The van der Waals surface area contributed by atoms with Crippen LogP contribution in [0.2, 0.25) is 0 Å². The number of pyridine rings is 2. The Balaban J connectivity index is 1.61. The van der Waals surface area contributed by atoms with E-state index in [1.165, 1.54) is 0 Å². The maximum absolute atomic E-state index is 4.89. The standard InChI is InChI=1S/C23H20N8/c1-4-5-17(15-6-8-24-9-7-15)21-14(2)27-23(28-21)22-18-10-19(16-11-26-31(3)13-16)25-12-20(18)29-30-22/h4-13H,1H2,2-3H3,(H,27,28)(H,29,30)/b17-5-. The molecule has 0 aromatic carbocycles. The number of aryl methyl sites for hydroxylation is 2. The molecular formula is C23H20N8. The minimum absolute atomic E-state index is 0.686. The number of imidazole rings is 1. The van der Waals surface area contributed by atoms with E-state index >= 15 is 0 Å². The Morgan fingerprint density at radius 3 is 2.77 bits per heavy atom. The van der Waals surface area contributed by atoms with E-state index in [4.69, 9.17) is 4.98 Å². The maximum Gasteiger partial charge on any atom is 0.159 e. The van der Waals surface area contributed by atoms with Crippen LogP contribution in [0, 0.1) is 6.92 Å². The van der Waals surface area contributed by atoms with Crippen molar-refractivity contribution in [2.24, 2.45) is 7.05 Å². The van der Waals surface area contributed by atoms with Gasteiger partial charge in [0, 0.05) is 47.9 Å². The molecule has 0 aliphatic rings. The van der Waals surface area contributed by atoms with E-state index in [1.54, 1.807) is 35.5 Å². The first kappa shape index (κ1) is 18.7. The molecule has 0 aliphatic carbocycles. The van der Waals surface area contributed by atoms with Crippen LogP contribution in [0.3, 0.4) is 0 Å². The Morgan fingerprint density at radius 2 is 2.03 bits per heavy atom. The Kier molecular flexibility index (Phi) is 4.51. The minimum atomic E-state index is 0.686. The summed E-state index contributed by atoms with van der Waals surface area (Å²) in [5.74, 6) is 0.686. The molecule has 0 aliphatic heterocycles. The Labute approximate surface area is 178 Å². The summed E-state index contributed by atoms with van der Waals surface area (Å²) in [4.78, 5) is 16.9. The van der Waals surface area contributed by atoms with Gasteiger partial charge in [0.2, 0.25) is 0 Å². The van der Waals surface area contributed by atoms with Crippen molar-refractivity contribution < 1.29 is 0 Å². The molecule has 8 heteroatoms. The predicted molar refractivity (Wildman–Crippen MR) is 120 cm³/mol. The van der Waals surface area contributed by atoms with Crippen LogP contribution >= 0.6 is 0 Å². The molecule has 0 bridgehead atoms. The van der Waals surface area contributed by atoms with Gasteiger partial charge in [0.15, 0.2) is 5.82 Å². The van der Waals surface area contributed by atoms with Crippen molar-refractivity contribution in [1.82, 2.24) is 39.9 Å². The lowest BCUT2D eigenvalue weighted by molar-refractivity contribution is 0.768. The summed E-state index contributed by atoms with van der Waals surface area (Å²) in [7, 11) is 1.88. The summed E-state index contributed by atoms with van der Waals surface area (Å²) in [5.41, 5.74) is 7.13. The quantitative estimate of drug-likeness (QED) is 0.427. The second-order valence-electron chi connectivity index (χ2n) is 7.20. The average molecular weight is 408 g/mol. The summed E-state index contributed by atoms with van der Waals surface area (Å²) >= 11 is 0. The molecule has 152 valence electrons. The highest BCUT2D eigenvalue weighted by Crippen LogP contribution is 2.31. The highest BCUT2D eigenvalue weighted by atomic mass is 15.2. The van der Waals surface area contributed by atoms with Gasteiger partial charge in [-0.1, -0.05) is 18.7 Å². The van der Waals surface area contributed by atoms with Crippen molar-refractivity contribution in [2.75, 3.05) is 0 Å². The molecule has 0 atom stereocenters. The van der Waals surface area contributed by atoms with E-state index in [0.29, 0.717) is 5.82 Å². The number of nitrogens with zero attached hydrogens (tertiary/aromatic N) is 6. The highest BCUT2D eigenvalue weighted by Gasteiger charge is 2.18. The van der Waals surface area contributed by atoms with Gasteiger partial charge in [0.05, 0.1) is 29.3 Å². The lowest BCUT2D eigenvalue weighted by atomic mass is 10.0. The molecule has 0 fully saturated rings. The molecule has 0 spiro atoms. The molecule has 5 aromatic rings. The van der Waals surface area contributed by atoms with Crippen molar-refractivity contribution in [3.05, 3.63) is 84.9 Å². The first-order valence-electron chi connectivity index (χ1n) is 9.77. The fourth-order valence-electron chi connectivity index (χ4n) is 3.60. The minimum Gasteiger partial charge on any atom is -0.340 e. The summed E-state index contributed by atoms with van der Waals surface area (Å²) in [6.07, 6.45) is 12.8. The van der Waals surface area contributed by atoms with Gasteiger partial charge < -0.3 is 4.98 Å². The monoisotopic (exact) mass is 408 g/mol. The Bertz CT molecular complexity index is 1420. The number of hydrogen-bond acceptors (Lipinski definition) is 5. The van der Waals surface area contributed by atoms with E-state index in [9.17, 15) is 0 Å². The van der Waals surface area contributed by atoms with Crippen LogP contribution in [0.4, 0.5) is 0 Å². The van der Waals surface area contributed by atoms with Gasteiger partial charge in [-0.3, -0.25) is 19.7 Å². The molecule has 5 aromatic heterocycles. The lowest BCUT2D eigenvalue weighted by Crippen LogP contribution is -1.91. The van der Waals surface area contributed by atoms with Gasteiger partial charge in [-0.15, -0.1) is 0 Å². The van der Waals surface area contributed by atoms with Crippen LogP contribution in [0.1, 0.15) is 17.0 Å². The molecule has 31 heavy (non-hydrogen) atoms. The normalized spacial score (nSPS) is 11.9. The van der Waals surface area contributed by atoms with E-state index in [-0.39, 0.29) is 0 Å². The molecule has 0 saturated heterocycles. The third kappa shape index (κ3) is 3.33. The molecule has 8 nitrogen and oxygen atoms in total. The third-order valence-electron chi connectivity index (χ3n) is 5.09. The predicted octanol–water partition coefficient (Wildman–Crippen LogP) is 4.07. The number of allylic oxidation sites excluding steroid dienone is 2. The molecule has 0 amide bonds. The van der Waals surface area contributed by atoms with Crippen molar-refractivity contribution in [2.45, 2.75) is 6.92 Å². The van der Waals surface area contributed by atoms with Crippen LogP contribution in [0.25, 0.3) is 39.3 Å². The smallest absolute Gasteiger partial charge is 0.159 e. The number of nitrogens with one attached hydrogen (secondary N) is 2. The molecule has 2 N–H and O–H groups in total. The summed E-state index contributed by atoms with van der Waals surface area (Å²) < 4.78 is 1.76. The second kappa shape index (κ2) is 7.49. The SMILES string of the molecule is C=C/C=C(/c1ccncc1)c1nc(-c2n[nH]c3cnc(-c4cnn(C)c4)cc23)[nH]c1C. The average Bonchev–Trinajstić information content (AvgIpc) is 3.50. The number of fused-ring (bicyclic) bond motifs is 1. The van der Waals surface area contributed by atoms with Gasteiger partial charge in [-0.25, -0.2) is 4.98 Å². The van der Waals surface area contributed by atoms with Crippen molar-refractivity contribution in [3.8, 4) is 22.8 Å². The van der Waals surface area contributed by atoms with E-state index in [2.05, 4.69) is 36.8 Å². The summed E-state index contributed by atoms with van der Waals surface area (Å²) in [6.45, 7) is 5.86. The van der Waals surface area contributed by atoms with E-state index in [0.717, 1.165) is 50.4 Å². The zero-order valence-corrected chi connectivity index (χ0v) is 17.2. The van der Waals surface area contributed by atoms with E-state index in [1.807, 2.05) is 44.4 Å². The summed E-state index contributed by atoms with van der Waals surface area (Å²) in [5, 5.41) is 12.7. The molecule has 0 unspecified atom stereocenters. The first-order chi connectivity index (χ1) is 15.1. The lowest BCUT2D eigenvalue weighted by Gasteiger charge is -2.05. The van der Waals surface area contributed by atoms with Crippen molar-refractivity contribution >= 4 is 16.5 Å². The van der Waals surface area contributed by atoms with Crippen LogP contribution < -0.4 is 0 Å². The molecule has 5 heterocycles. The van der Waals surface area contributed by atoms with Crippen LogP contribution in [-0.2, 0) is 7.05 Å². The molecule has 0 saturated carbocycles. The number of hydrogen-bond donors (Lipinski definition) is 2. The fourth-order valence-corrected chi connectivity index (χ4v) is 3.60. The number of aromatic nitrogens is 8. The second-order valence-corrected chi connectivity index (χ2v) is 7.20. The van der Waals surface area contributed by atoms with Gasteiger partial charge in [0.1, 0.15) is 5.69 Å². The Hall–Kier alpha value is -4.33. The zero-order valence-electron chi connectivity index (χ0n) is 17.2. The first-order valence-corrected chi connectivity index (χ1v) is 9.77. The van der Waals surface area contributed by atoms with Crippen molar-refractivity contribution in [1.29, 1.82) is 0 Å². The fraction of sp³-hybridized carbons (Fsp3) is 0.0870. The van der Waals surface area contributed by atoms with Gasteiger partial charge in [-0.05, 0) is 30.7 Å². The molecular weight excluding hydrogens is 388 g/mol. The van der Waals surface area contributed by atoms with Crippen LogP contribution in [-0.4, -0.2) is 39.9 Å². The number of rotatable bonds is 5. The van der Waals surface area contributed by atoms with Gasteiger partial charge >= 0.3 is 0 Å². The largest absolute Gasteiger partial charge is 0.340 e. The maximum atomic E-state index is 4.89. The van der Waals surface area contributed by atoms with Crippen LogP contribution in [0.5, 0.6) is 0 Å².